The predicted octanol–water partition coefficient (Wildman–Crippen LogP) is 3.39. The van der Waals surface area contributed by atoms with Gasteiger partial charge in [-0.05, 0) is 72.6 Å². The Bertz CT molecular complexity index is 1020. The van der Waals surface area contributed by atoms with Gasteiger partial charge in [0.25, 0.3) is 11.1 Å². The van der Waals surface area contributed by atoms with E-state index in [-0.39, 0.29) is 16.4 Å². The van der Waals surface area contributed by atoms with Gasteiger partial charge in [-0.15, -0.1) is 0 Å². The van der Waals surface area contributed by atoms with Crippen LogP contribution in [0, 0.1) is 13.8 Å². The summed E-state index contributed by atoms with van der Waals surface area (Å²) in [5, 5.41) is 21.0. The maximum atomic E-state index is 12.5. The van der Waals surface area contributed by atoms with Gasteiger partial charge in [0.15, 0.2) is 11.5 Å². The number of phenols is 2. The number of hydrogen-bond donors (Lipinski definition) is 3. The first-order valence-electron chi connectivity index (χ1n) is 8.39. The summed E-state index contributed by atoms with van der Waals surface area (Å²) in [4.78, 5) is 37.9. The lowest BCUT2D eigenvalue weighted by Gasteiger charge is -2.13. The molecule has 28 heavy (non-hydrogen) atoms. The van der Waals surface area contributed by atoms with Gasteiger partial charge in [0, 0.05) is 5.69 Å². The Kier molecular flexibility index (Phi) is 5.41. The minimum atomic E-state index is -0.585. The lowest BCUT2D eigenvalue weighted by Crippen LogP contribution is -2.36. The van der Waals surface area contributed by atoms with Crippen molar-refractivity contribution in [3.05, 3.63) is 58.0 Å². The van der Waals surface area contributed by atoms with E-state index in [4.69, 9.17) is 0 Å². The largest absolute Gasteiger partial charge is 0.504 e. The zero-order valence-corrected chi connectivity index (χ0v) is 16.0. The fourth-order valence-corrected chi connectivity index (χ4v) is 3.42. The monoisotopic (exact) mass is 398 g/mol. The van der Waals surface area contributed by atoms with Crippen LogP contribution in [-0.4, -0.2) is 38.7 Å². The van der Waals surface area contributed by atoms with Crippen molar-refractivity contribution in [2.45, 2.75) is 13.8 Å². The average molecular weight is 398 g/mol. The van der Waals surface area contributed by atoms with E-state index >= 15 is 0 Å². The number of thioether (sulfide) groups is 1. The number of aromatic hydroxyl groups is 2. The summed E-state index contributed by atoms with van der Waals surface area (Å²) >= 11 is 0.714. The van der Waals surface area contributed by atoms with E-state index in [1.54, 1.807) is 6.07 Å². The third-order valence-corrected chi connectivity index (χ3v) is 5.17. The van der Waals surface area contributed by atoms with Gasteiger partial charge in [0.05, 0.1) is 4.91 Å². The fraction of sp³-hybridized carbons (Fsp3) is 0.150. The molecule has 0 aliphatic carbocycles. The van der Waals surface area contributed by atoms with E-state index in [0.717, 1.165) is 16.0 Å². The molecule has 1 saturated heterocycles. The molecule has 2 aromatic carbocycles. The molecule has 1 fully saturated rings. The van der Waals surface area contributed by atoms with Crippen molar-refractivity contribution in [3.8, 4) is 11.5 Å². The highest BCUT2D eigenvalue weighted by Gasteiger charge is 2.36. The molecule has 0 atom stereocenters. The van der Waals surface area contributed by atoms with Gasteiger partial charge in [-0.2, -0.15) is 0 Å². The first-order valence-corrected chi connectivity index (χ1v) is 9.20. The average Bonchev–Trinajstić information content (AvgIpc) is 2.89. The highest BCUT2D eigenvalue weighted by atomic mass is 32.2. The van der Waals surface area contributed by atoms with Crippen molar-refractivity contribution in [2.24, 2.45) is 0 Å². The number of aryl methyl sites for hydroxylation is 2. The van der Waals surface area contributed by atoms with Crippen LogP contribution in [0.4, 0.5) is 10.5 Å². The Labute approximate surface area is 165 Å². The fourth-order valence-electron chi connectivity index (χ4n) is 2.58. The molecule has 1 aliphatic rings. The molecule has 3 amide bonds. The maximum absolute atomic E-state index is 12.5. The molecule has 144 valence electrons. The molecule has 0 radical (unpaired) electrons. The van der Waals surface area contributed by atoms with E-state index in [9.17, 15) is 24.6 Å². The third kappa shape index (κ3) is 4.17. The molecular formula is C20H18N2O5S. The van der Waals surface area contributed by atoms with E-state index in [1.165, 1.54) is 24.3 Å². The third-order valence-electron chi connectivity index (χ3n) is 4.26. The first kappa shape index (κ1) is 19.5. The second kappa shape index (κ2) is 7.77. The van der Waals surface area contributed by atoms with Crippen LogP contribution in [-0.2, 0) is 9.59 Å². The van der Waals surface area contributed by atoms with E-state index in [0.29, 0.717) is 23.0 Å². The topological polar surface area (TPSA) is 107 Å². The molecule has 0 aromatic heterocycles. The maximum Gasteiger partial charge on any atom is 0.294 e. The van der Waals surface area contributed by atoms with Crippen molar-refractivity contribution in [1.82, 2.24) is 4.90 Å². The Morgan fingerprint density at radius 3 is 2.50 bits per heavy atom. The minimum absolute atomic E-state index is 0.133. The summed E-state index contributed by atoms with van der Waals surface area (Å²) in [5.74, 6) is -1.68. The molecule has 3 rings (SSSR count). The summed E-state index contributed by atoms with van der Waals surface area (Å²) < 4.78 is 0. The summed E-state index contributed by atoms with van der Waals surface area (Å²) in [6, 6.07) is 9.50. The number of rotatable bonds is 4. The quantitative estimate of drug-likeness (QED) is 0.538. The molecule has 0 saturated carbocycles. The van der Waals surface area contributed by atoms with Crippen molar-refractivity contribution >= 4 is 40.6 Å². The second-order valence-corrected chi connectivity index (χ2v) is 7.36. The Morgan fingerprint density at radius 2 is 1.82 bits per heavy atom. The molecule has 0 bridgehead atoms. The second-order valence-electron chi connectivity index (χ2n) is 6.36. The summed E-state index contributed by atoms with van der Waals surface area (Å²) in [5.41, 5.74) is 3.15. The number of phenolic OH excluding ortho intramolecular Hbond substituents is 2. The molecule has 1 heterocycles. The summed E-state index contributed by atoms with van der Waals surface area (Å²) in [6.07, 6.45) is 1.42. The summed E-state index contributed by atoms with van der Waals surface area (Å²) in [6.45, 7) is 3.49. The molecule has 7 nitrogen and oxygen atoms in total. The van der Waals surface area contributed by atoms with Crippen LogP contribution in [0.3, 0.4) is 0 Å². The van der Waals surface area contributed by atoms with Crippen LogP contribution < -0.4 is 5.32 Å². The smallest absolute Gasteiger partial charge is 0.294 e. The highest BCUT2D eigenvalue weighted by Crippen LogP contribution is 2.33. The number of benzene rings is 2. The zero-order chi connectivity index (χ0) is 20.4. The predicted molar refractivity (Wildman–Crippen MR) is 107 cm³/mol. The van der Waals surface area contributed by atoms with Crippen LogP contribution in [0.5, 0.6) is 11.5 Å². The molecule has 8 heteroatoms. The number of hydrogen-bond acceptors (Lipinski definition) is 6. The SMILES string of the molecule is Cc1ccc(NC(=O)CN2C(=O)S/C(=C/c3ccc(O)c(O)c3)C2=O)cc1C. The molecule has 1 aliphatic heterocycles. The number of carbonyl (C=O) groups is 3. The van der Waals surface area contributed by atoms with Gasteiger partial charge < -0.3 is 15.5 Å². The molecule has 0 unspecified atom stereocenters. The van der Waals surface area contributed by atoms with Crippen molar-refractivity contribution in [2.75, 3.05) is 11.9 Å². The van der Waals surface area contributed by atoms with E-state index in [2.05, 4.69) is 5.32 Å². The van der Waals surface area contributed by atoms with Crippen LogP contribution in [0.1, 0.15) is 16.7 Å². The molecule has 0 spiro atoms. The standard InChI is InChI=1S/C20H18N2O5S/c1-11-3-5-14(7-12(11)2)21-18(25)10-22-19(26)17(28-20(22)27)9-13-4-6-15(23)16(24)8-13/h3-9,23-24H,10H2,1-2H3,(H,21,25)/b17-9+. The Morgan fingerprint density at radius 1 is 1.07 bits per heavy atom. The minimum Gasteiger partial charge on any atom is -0.504 e. The van der Waals surface area contributed by atoms with Crippen LogP contribution in [0.2, 0.25) is 0 Å². The Balaban J connectivity index is 1.70. The van der Waals surface area contributed by atoms with E-state index in [1.807, 2.05) is 26.0 Å². The number of anilines is 1. The number of nitrogens with one attached hydrogen (secondary N) is 1. The number of nitrogens with zero attached hydrogens (tertiary/aromatic N) is 1. The van der Waals surface area contributed by atoms with Gasteiger partial charge in [0.1, 0.15) is 6.54 Å². The Hall–Kier alpha value is -3.26. The number of amides is 3. The van der Waals surface area contributed by atoms with Gasteiger partial charge in [0.2, 0.25) is 5.91 Å². The van der Waals surface area contributed by atoms with Gasteiger partial charge >= 0.3 is 0 Å². The molecular weight excluding hydrogens is 380 g/mol. The highest BCUT2D eigenvalue weighted by molar-refractivity contribution is 8.18. The van der Waals surface area contributed by atoms with Gasteiger partial charge in [-0.3, -0.25) is 19.3 Å². The normalized spacial score (nSPS) is 15.4. The molecule has 3 N–H and O–H groups in total. The lowest BCUT2D eigenvalue weighted by molar-refractivity contribution is -0.127. The number of carbonyl (C=O) groups excluding carboxylic acids is 3. The van der Waals surface area contributed by atoms with Crippen molar-refractivity contribution in [1.29, 1.82) is 0 Å². The van der Waals surface area contributed by atoms with E-state index < -0.39 is 23.6 Å². The first-order chi connectivity index (χ1) is 13.2. The van der Waals surface area contributed by atoms with Crippen molar-refractivity contribution < 1.29 is 24.6 Å². The van der Waals surface area contributed by atoms with Crippen LogP contribution >= 0.6 is 11.8 Å². The van der Waals surface area contributed by atoms with Crippen LogP contribution in [0.15, 0.2) is 41.3 Å². The summed E-state index contributed by atoms with van der Waals surface area (Å²) in [7, 11) is 0. The number of imide groups is 1. The lowest BCUT2D eigenvalue weighted by atomic mass is 10.1. The van der Waals surface area contributed by atoms with Crippen LogP contribution in [0.25, 0.3) is 6.08 Å². The van der Waals surface area contributed by atoms with Gasteiger partial charge in [-0.25, -0.2) is 0 Å². The molecule has 2 aromatic rings. The van der Waals surface area contributed by atoms with Crippen molar-refractivity contribution in [3.63, 3.8) is 0 Å². The zero-order valence-electron chi connectivity index (χ0n) is 15.2. The van der Waals surface area contributed by atoms with Gasteiger partial charge in [-0.1, -0.05) is 12.1 Å².